The van der Waals surface area contributed by atoms with Crippen molar-refractivity contribution < 1.29 is 14.3 Å². The second-order valence-corrected chi connectivity index (χ2v) is 3.67. The van der Waals surface area contributed by atoms with Gasteiger partial charge < -0.3 is 19.3 Å². The molecule has 15 heavy (non-hydrogen) atoms. The van der Waals surface area contributed by atoms with E-state index in [1.807, 2.05) is 26.0 Å². The largest absolute Gasteiger partial charge is 0.475 e. The first-order chi connectivity index (χ1) is 7.00. The lowest BCUT2D eigenvalue weighted by Crippen LogP contribution is -2.28. The fourth-order valence-corrected chi connectivity index (χ4v) is 1.11. The molecule has 1 rings (SSSR count). The zero-order chi connectivity index (χ0) is 11.4. The van der Waals surface area contributed by atoms with Crippen molar-refractivity contribution in [1.82, 2.24) is 4.90 Å². The Morgan fingerprint density at radius 3 is 2.47 bits per heavy atom. The van der Waals surface area contributed by atoms with Crippen LogP contribution >= 0.6 is 0 Å². The Kier molecular flexibility index (Phi) is 3.74. The van der Waals surface area contributed by atoms with Gasteiger partial charge in [-0.15, -0.1) is 0 Å². The fourth-order valence-electron chi connectivity index (χ4n) is 1.11. The molecule has 0 aliphatic rings. The van der Waals surface area contributed by atoms with Gasteiger partial charge in [-0.25, -0.2) is 4.79 Å². The molecule has 1 heterocycles. The highest BCUT2D eigenvalue weighted by Crippen LogP contribution is 2.16. The maximum atomic E-state index is 10.6. The first kappa shape index (κ1) is 11.6. The highest BCUT2D eigenvalue weighted by Gasteiger charge is 2.11. The van der Waals surface area contributed by atoms with Crippen molar-refractivity contribution >= 4 is 11.9 Å². The first-order valence-electron chi connectivity index (χ1n) is 4.69. The van der Waals surface area contributed by atoms with E-state index < -0.39 is 5.97 Å². The molecule has 0 saturated carbocycles. The summed E-state index contributed by atoms with van der Waals surface area (Å²) in [4.78, 5) is 14.5. The number of aromatic carboxylic acids is 1. The van der Waals surface area contributed by atoms with Gasteiger partial charge in [-0.3, -0.25) is 0 Å². The first-order valence-corrected chi connectivity index (χ1v) is 4.69. The fraction of sp³-hybridized carbons (Fsp3) is 0.500. The van der Waals surface area contributed by atoms with E-state index in [0.29, 0.717) is 5.88 Å². The lowest BCUT2D eigenvalue weighted by Gasteiger charge is -2.18. The SMILES string of the molecule is CN(C)CCN(C)c1ccc(C(=O)O)o1. The number of hydrogen-bond donors (Lipinski definition) is 1. The third kappa shape index (κ3) is 3.28. The van der Waals surface area contributed by atoms with Crippen molar-refractivity contribution in [2.45, 2.75) is 0 Å². The molecule has 1 N–H and O–H groups in total. The van der Waals surface area contributed by atoms with Crippen molar-refractivity contribution in [3.05, 3.63) is 17.9 Å². The Balaban J connectivity index is 2.58. The standard InChI is InChI=1S/C10H16N2O3/c1-11(2)6-7-12(3)9-5-4-8(15-9)10(13)14/h4-5H,6-7H2,1-3H3,(H,13,14). The number of likely N-dealkylation sites (N-methyl/N-ethyl adjacent to an activating group) is 2. The van der Waals surface area contributed by atoms with Crippen molar-refractivity contribution in [2.75, 3.05) is 39.1 Å². The third-order valence-electron chi connectivity index (χ3n) is 2.06. The Labute approximate surface area is 88.9 Å². The van der Waals surface area contributed by atoms with Crippen molar-refractivity contribution in [3.63, 3.8) is 0 Å². The zero-order valence-electron chi connectivity index (χ0n) is 9.23. The minimum absolute atomic E-state index is 0.0262. The van der Waals surface area contributed by atoms with E-state index in [0.717, 1.165) is 13.1 Å². The maximum absolute atomic E-state index is 10.6. The molecule has 0 fully saturated rings. The average molecular weight is 212 g/mol. The Hall–Kier alpha value is -1.49. The molecular formula is C10H16N2O3. The van der Waals surface area contributed by atoms with Gasteiger partial charge in [0.2, 0.25) is 5.76 Å². The van der Waals surface area contributed by atoms with E-state index in [4.69, 9.17) is 9.52 Å². The van der Waals surface area contributed by atoms with Crippen molar-refractivity contribution in [3.8, 4) is 0 Å². The quantitative estimate of drug-likeness (QED) is 0.788. The van der Waals surface area contributed by atoms with E-state index in [1.165, 1.54) is 6.07 Å². The third-order valence-corrected chi connectivity index (χ3v) is 2.06. The second kappa shape index (κ2) is 4.84. The summed E-state index contributed by atoms with van der Waals surface area (Å²) in [5.74, 6) is -0.488. The molecule has 0 radical (unpaired) electrons. The van der Waals surface area contributed by atoms with Gasteiger partial charge in [-0.2, -0.15) is 0 Å². The summed E-state index contributed by atoms with van der Waals surface area (Å²) in [5, 5.41) is 8.68. The number of anilines is 1. The molecule has 0 aliphatic heterocycles. The number of nitrogens with zero attached hydrogens (tertiary/aromatic N) is 2. The number of hydrogen-bond acceptors (Lipinski definition) is 4. The average Bonchev–Trinajstić information content (AvgIpc) is 2.62. The van der Waals surface area contributed by atoms with Gasteiger partial charge >= 0.3 is 5.97 Å². The number of carboxylic acids is 1. The molecule has 1 aromatic rings. The van der Waals surface area contributed by atoms with E-state index >= 15 is 0 Å². The van der Waals surface area contributed by atoms with Crippen LogP contribution in [0.1, 0.15) is 10.6 Å². The van der Waals surface area contributed by atoms with Crippen molar-refractivity contribution in [1.29, 1.82) is 0 Å². The molecule has 5 nitrogen and oxygen atoms in total. The number of furan rings is 1. The topological polar surface area (TPSA) is 56.9 Å². The van der Waals surface area contributed by atoms with Gasteiger partial charge in [0.05, 0.1) is 0 Å². The lowest BCUT2D eigenvalue weighted by atomic mass is 10.4. The van der Waals surface area contributed by atoms with Gasteiger partial charge in [0.25, 0.3) is 0 Å². The van der Waals surface area contributed by atoms with E-state index in [1.54, 1.807) is 6.07 Å². The molecule has 0 unspecified atom stereocenters. The summed E-state index contributed by atoms with van der Waals surface area (Å²) < 4.78 is 5.15. The molecule has 0 bridgehead atoms. The molecule has 0 saturated heterocycles. The van der Waals surface area contributed by atoms with Crippen LogP contribution in [0.4, 0.5) is 5.88 Å². The summed E-state index contributed by atoms with van der Waals surface area (Å²) in [7, 11) is 5.84. The van der Waals surface area contributed by atoms with Crippen LogP contribution in [0, 0.1) is 0 Å². The van der Waals surface area contributed by atoms with Gasteiger partial charge in [-0.1, -0.05) is 0 Å². The number of carboxylic acid groups (broad SMARTS) is 1. The van der Waals surface area contributed by atoms with Gasteiger partial charge in [-0.05, 0) is 20.2 Å². The molecular weight excluding hydrogens is 196 g/mol. The summed E-state index contributed by atoms with van der Waals surface area (Å²) in [6.45, 7) is 1.68. The molecule has 1 aromatic heterocycles. The molecule has 0 aromatic carbocycles. The van der Waals surface area contributed by atoms with E-state index in [2.05, 4.69) is 4.90 Å². The smallest absolute Gasteiger partial charge is 0.371 e. The maximum Gasteiger partial charge on any atom is 0.371 e. The van der Waals surface area contributed by atoms with Crippen LogP contribution in [0.2, 0.25) is 0 Å². The molecule has 84 valence electrons. The second-order valence-electron chi connectivity index (χ2n) is 3.67. The monoisotopic (exact) mass is 212 g/mol. The predicted molar refractivity (Wildman–Crippen MR) is 57.5 cm³/mol. The summed E-state index contributed by atoms with van der Waals surface area (Å²) in [6.07, 6.45) is 0. The summed E-state index contributed by atoms with van der Waals surface area (Å²) >= 11 is 0. The van der Waals surface area contributed by atoms with E-state index in [9.17, 15) is 4.79 Å². The summed E-state index contributed by atoms with van der Waals surface area (Å²) in [6, 6.07) is 3.13. The zero-order valence-corrected chi connectivity index (χ0v) is 9.23. The highest BCUT2D eigenvalue weighted by molar-refractivity contribution is 5.84. The molecule has 0 spiro atoms. The highest BCUT2D eigenvalue weighted by atomic mass is 16.4. The predicted octanol–water partition coefficient (Wildman–Crippen LogP) is 0.976. The van der Waals surface area contributed by atoms with Crippen LogP contribution < -0.4 is 4.90 Å². The van der Waals surface area contributed by atoms with E-state index in [-0.39, 0.29) is 5.76 Å². The minimum Gasteiger partial charge on any atom is -0.475 e. The molecule has 0 atom stereocenters. The minimum atomic E-state index is -1.04. The van der Waals surface area contributed by atoms with Gasteiger partial charge in [0, 0.05) is 26.2 Å². The summed E-state index contributed by atoms with van der Waals surface area (Å²) in [5.41, 5.74) is 0. The number of rotatable bonds is 5. The van der Waals surface area contributed by atoms with Crippen LogP contribution in [0.15, 0.2) is 16.5 Å². The van der Waals surface area contributed by atoms with Crippen LogP contribution in [-0.2, 0) is 0 Å². The Bertz CT molecular complexity index is 333. The van der Waals surface area contributed by atoms with Crippen LogP contribution in [0.3, 0.4) is 0 Å². The lowest BCUT2D eigenvalue weighted by molar-refractivity contribution is 0.0663. The van der Waals surface area contributed by atoms with Gasteiger partial charge in [0.1, 0.15) is 0 Å². The Morgan fingerprint density at radius 2 is 2.00 bits per heavy atom. The van der Waals surface area contributed by atoms with Crippen molar-refractivity contribution in [2.24, 2.45) is 0 Å². The Morgan fingerprint density at radius 1 is 1.33 bits per heavy atom. The van der Waals surface area contributed by atoms with Crippen LogP contribution in [0.5, 0.6) is 0 Å². The molecule has 0 aliphatic carbocycles. The molecule has 0 amide bonds. The number of carbonyl (C=O) groups is 1. The normalized spacial score (nSPS) is 10.7. The van der Waals surface area contributed by atoms with Gasteiger partial charge in [0.15, 0.2) is 5.88 Å². The van der Waals surface area contributed by atoms with Crippen LogP contribution in [-0.4, -0.2) is 50.2 Å². The van der Waals surface area contributed by atoms with Crippen LogP contribution in [0.25, 0.3) is 0 Å². The molecule has 5 heteroatoms.